The number of benzene rings is 3. The summed E-state index contributed by atoms with van der Waals surface area (Å²) in [4.78, 5) is 6.19. The van der Waals surface area contributed by atoms with E-state index in [1.807, 2.05) is 17.4 Å². The van der Waals surface area contributed by atoms with Gasteiger partial charge in [0.25, 0.3) is 0 Å². The van der Waals surface area contributed by atoms with Gasteiger partial charge in [-0.1, -0.05) is 79.8 Å². The van der Waals surface area contributed by atoms with Gasteiger partial charge in [-0.2, -0.15) is 0 Å². The standard InChI is InChI=1S/C21H23NSSi/c1-16-8-7-9-17(14-16)15-22-21-19-11-6-5-10-18(19)12-13-20(21)23-24(2,3)4/h5-15H,1-4H3. The molecule has 0 heterocycles. The lowest BCUT2D eigenvalue weighted by Gasteiger charge is -2.17. The van der Waals surface area contributed by atoms with Crippen molar-refractivity contribution in [3.63, 3.8) is 0 Å². The Bertz CT molecular complexity index is 894. The van der Waals surface area contributed by atoms with E-state index >= 15 is 0 Å². The summed E-state index contributed by atoms with van der Waals surface area (Å²) in [7, 11) is -1.29. The van der Waals surface area contributed by atoms with Crippen LogP contribution in [0.25, 0.3) is 10.8 Å². The molecule has 0 aliphatic carbocycles. The first-order chi connectivity index (χ1) is 11.4. The molecular weight excluding hydrogens is 326 g/mol. The van der Waals surface area contributed by atoms with E-state index in [-0.39, 0.29) is 0 Å². The predicted molar refractivity (Wildman–Crippen MR) is 112 cm³/mol. The molecule has 122 valence electrons. The Hall–Kier alpha value is -1.84. The van der Waals surface area contributed by atoms with E-state index in [9.17, 15) is 0 Å². The lowest BCUT2D eigenvalue weighted by atomic mass is 10.1. The van der Waals surface area contributed by atoms with Crippen LogP contribution in [0.1, 0.15) is 11.1 Å². The van der Waals surface area contributed by atoms with E-state index in [1.54, 1.807) is 0 Å². The minimum absolute atomic E-state index is 1.10. The Kier molecular flexibility index (Phi) is 4.92. The molecule has 0 fully saturated rings. The maximum atomic E-state index is 4.91. The summed E-state index contributed by atoms with van der Waals surface area (Å²) in [6, 6.07) is 21.4. The highest BCUT2D eigenvalue weighted by Gasteiger charge is 2.18. The van der Waals surface area contributed by atoms with Gasteiger partial charge in [0.05, 0.1) is 5.69 Å². The van der Waals surface area contributed by atoms with Crippen LogP contribution in [-0.4, -0.2) is 13.4 Å². The minimum Gasteiger partial charge on any atom is -0.254 e. The monoisotopic (exact) mass is 349 g/mol. The van der Waals surface area contributed by atoms with Crippen molar-refractivity contribution < 1.29 is 0 Å². The van der Waals surface area contributed by atoms with E-state index in [0.29, 0.717) is 0 Å². The average molecular weight is 350 g/mol. The zero-order valence-corrected chi connectivity index (χ0v) is 16.5. The fourth-order valence-electron chi connectivity index (χ4n) is 2.67. The predicted octanol–water partition coefficient (Wildman–Crippen LogP) is 6.83. The molecule has 0 bridgehead atoms. The van der Waals surface area contributed by atoms with Crippen LogP contribution in [0, 0.1) is 6.92 Å². The quantitative estimate of drug-likeness (QED) is 0.371. The first-order valence-corrected chi connectivity index (χ1v) is 13.3. The molecule has 1 nitrogen and oxygen atoms in total. The molecule has 0 aliphatic heterocycles. The van der Waals surface area contributed by atoms with Crippen molar-refractivity contribution in [1.82, 2.24) is 0 Å². The molecule has 0 radical (unpaired) electrons. The van der Waals surface area contributed by atoms with E-state index in [4.69, 9.17) is 4.99 Å². The Balaban J connectivity index is 2.10. The van der Waals surface area contributed by atoms with E-state index in [1.165, 1.54) is 21.2 Å². The number of nitrogens with zero attached hydrogens (tertiary/aromatic N) is 1. The van der Waals surface area contributed by atoms with Crippen LogP contribution in [0.15, 0.2) is 70.6 Å². The molecule has 3 heteroatoms. The fourth-order valence-corrected chi connectivity index (χ4v) is 6.20. The van der Waals surface area contributed by atoms with Crippen molar-refractivity contribution in [3.05, 3.63) is 71.8 Å². The number of hydrogen-bond acceptors (Lipinski definition) is 2. The van der Waals surface area contributed by atoms with Gasteiger partial charge in [-0.3, -0.25) is 4.99 Å². The molecule has 3 aromatic rings. The van der Waals surface area contributed by atoms with Gasteiger partial charge < -0.3 is 0 Å². The highest BCUT2D eigenvalue weighted by molar-refractivity contribution is 8.28. The van der Waals surface area contributed by atoms with E-state index in [0.717, 1.165) is 11.3 Å². The van der Waals surface area contributed by atoms with Gasteiger partial charge in [0.1, 0.15) is 7.22 Å². The summed E-state index contributed by atoms with van der Waals surface area (Å²) < 4.78 is 0. The lowest BCUT2D eigenvalue weighted by molar-refractivity contribution is 1.41. The van der Waals surface area contributed by atoms with Gasteiger partial charge in [0.2, 0.25) is 0 Å². The second-order valence-electron chi connectivity index (χ2n) is 7.02. The summed E-state index contributed by atoms with van der Waals surface area (Å²) in [5.41, 5.74) is 3.50. The Morgan fingerprint density at radius 2 is 1.71 bits per heavy atom. The van der Waals surface area contributed by atoms with Crippen LogP contribution in [0.3, 0.4) is 0 Å². The van der Waals surface area contributed by atoms with Crippen LogP contribution in [0.2, 0.25) is 19.6 Å². The van der Waals surface area contributed by atoms with Crippen LogP contribution in [0.4, 0.5) is 5.69 Å². The zero-order valence-electron chi connectivity index (χ0n) is 14.7. The van der Waals surface area contributed by atoms with Crippen LogP contribution in [-0.2, 0) is 0 Å². The van der Waals surface area contributed by atoms with Gasteiger partial charge in [0.15, 0.2) is 0 Å². The molecule has 0 aromatic heterocycles. The average Bonchev–Trinajstić information content (AvgIpc) is 2.52. The van der Waals surface area contributed by atoms with Gasteiger partial charge in [-0.25, -0.2) is 0 Å². The van der Waals surface area contributed by atoms with Gasteiger partial charge in [-0.15, -0.1) is 11.2 Å². The second-order valence-corrected chi connectivity index (χ2v) is 16.2. The molecule has 0 saturated carbocycles. The van der Waals surface area contributed by atoms with Crippen molar-refractivity contribution in [2.45, 2.75) is 31.5 Å². The Labute approximate surface area is 149 Å². The molecule has 0 unspecified atom stereocenters. The fraction of sp³-hybridized carbons (Fsp3) is 0.190. The zero-order chi connectivity index (χ0) is 17.2. The first-order valence-electron chi connectivity index (χ1n) is 8.24. The third kappa shape index (κ3) is 4.16. The smallest absolute Gasteiger partial charge is 0.114 e. The van der Waals surface area contributed by atoms with Gasteiger partial charge in [-0.05, 0) is 23.9 Å². The number of rotatable bonds is 4. The minimum atomic E-state index is -1.29. The summed E-state index contributed by atoms with van der Waals surface area (Å²) in [6.07, 6.45) is 1.99. The number of hydrogen-bond donors (Lipinski definition) is 0. The van der Waals surface area contributed by atoms with E-state index < -0.39 is 7.22 Å². The van der Waals surface area contributed by atoms with Crippen molar-refractivity contribution in [3.8, 4) is 0 Å². The summed E-state index contributed by atoms with van der Waals surface area (Å²) >= 11 is 2.01. The largest absolute Gasteiger partial charge is 0.254 e. The molecule has 0 aliphatic rings. The maximum absolute atomic E-state index is 4.91. The highest BCUT2D eigenvalue weighted by Crippen LogP contribution is 2.40. The second kappa shape index (κ2) is 6.95. The molecular formula is C21H23NSSi. The van der Waals surface area contributed by atoms with Gasteiger partial charge >= 0.3 is 0 Å². The van der Waals surface area contributed by atoms with Gasteiger partial charge in [0, 0.05) is 16.5 Å². The van der Waals surface area contributed by atoms with Crippen molar-refractivity contribution in [1.29, 1.82) is 0 Å². The molecule has 3 rings (SSSR count). The maximum Gasteiger partial charge on any atom is 0.114 e. The molecule has 3 aromatic carbocycles. The molecule has 0 saturated heterocycles. The topological polar surface area (TPSA) is 12.4 Å². The molecule has 24 heavy (non-hydrogen) atoms. The first kappa shape index (κ1) is 17.0. The third-order valence-electron chi connectivity index (χ3n) is 3.66. The Morgan fingerprint density at radius 1 is 0.917 bits per heavy atom. The summed E-state index contributed by atoms with van der Waals surface area (Å²) in [5, 5.41) is 2.47. The summed E-state index contributed by atoms with van der Waals surface area (Å²) in [5.74, 6) is 0. The number of aryl methyl sites for hydroxylation is 1. The van der Waals surface area contributed by atoms with Crippen molar-refractivity contribution in [2.24, 2.45) is 4.99 Å². The molecule has 0 atom stereocenters. The molecule has 0 amide bonds. The number of aliphatic imine (C=N–C) groups is 1. The normalized spacial score (nSPS) is 12.2. The number of fused-ring (bicyclic) bond motifs is 1. The van der Waals surface area contributed by atoms with E-state index in [2.05, 4.69) is 87.2 Å². The Morgan fingerprint density at radius 3 is 2.46 bits per heavy atom. The van der Waals surface area contributed by atoms with Crippen molar-refractivity contribution in [2.75, 3.05) is 0 Å². The third-order valence-corrected chi connectivity index (χ3v) is 7.32. The van der Waals surface area contributed by atoms with Crippen LogP contribution < -0.4 is 0 Å². The molecule has 0 N–H and O–H groups in total. The van der Waals surface area contributed by atoms with Crippen LogP contribution in [0.5, 0.6) is 0 Å². The van der Waals surface area contributed by atoms with Crippen molar-refractivity contribution >= 4 is 41.1 Å². The molecule has 0 spiro atoms. The SMILES string of the molecule is Cc1cccc(C=Nc2c(S[Si](C)(C)C)ccc3ccccc23)c1. The summed E-state index contributed by atoms with van der Waals surface area (Å²) in [6.45, 7) is 9.24. The lowest BCUT2D eigenvalue weighted by Crippen LogP contribution is -2.13. The highest BCUT2D eigenvalue weighted by atomic mass is 32.4. The van der Waals surface area contributed by atoms with Crippen LogP contribution >= 0.6 is 11.2 Å².